The maximum Gasteiger partial charge on any atom is 0.413 e. The van der Waals surface area contributed by atoms with E-state index in [0.717, 1.165) is 4.90 Å². The van der Waals surface area contributed by atoms with Crippen LogP contribution in [0.2, 0.25) is 0 Å². The number of hydrogen-bond donors (Lipinski definition) is 1. The van der Waals surface area contributed by atoms with Crippen molar-refractivity contribution in [1.29, 1.82) is 0 Å². The number of rotatable bonds is 1. The van der Waals surface area contributed by atoms with E-state index in [1.807, 2.05) is 0 Å². The number of hydrogen-bond acceptors (Lipinski definition) is 2. The highest BCUT2D eigenvalue weighted by Crippen LogP contribution is 2.11. The van der Waals surface area contributed by atoms with Gasteiger partial charge in [0.15, 0.2) is 0 Å². The Morgan fingerprint density at radius 3 is 2.90 bits per heavy atom. The van der Waals surface area contributed by atoms with Crippen molar-refractivity contribution in [3.63, 3.8) is 0 Å². The molecule has 4 heteroatoms. The fraction of sp³-hybridized carbons (Fsp3) is 0.167. The number of furan rings is 1. The maximum atomic E-state index is 10.3. The molecule has 0 atom stereocenters. The monoisotopic (exact) mass is 141 g/mol. The van der Waals surface area contributed by atoms with E-state index in [-0.39, 0.29) is 0 Å². The highest BCUT2D eigenvalue weighted by molar-refractivity contribution is 5.83. The minimum absolute atomic E-state index is 0.326. The Hall–Kier alpha value is -1.45. The van der Waals surface area contributed by atoms with E-state index in [1.165, 1.54) is 13.3 Å². The van der Waals surface area contributed by atoms with Gasteiger partial charge in [0, 0.05) is 13.1 Å². The van der Waals surface area contributed by atoms with E-state index in [0.29, 0.717) is 5.88 Å². The molecule has 0 saturated carbocycles. The summed E-state index contributed by atoms with van der Waals surface area (Å²) in [7, 11) is 1.42. The standard InChI is InChI=1S/C6H7NO3/c1-7(6(8)9)5-3-2-4-10-5/h2-4H,1H3,(H,8,9). The zero-order chi connectivity index (χ0) is 7.56. The van der Waals surface area contributed by atoms with Crippen LogP contribution in [0, 0.1) is 0 Å². The number of carbonyl (C=O) groups is 1. The summed E-state index contributed by atoms with van der Waals surface area (Å²) < 4.78 is 4.80. The van der Waals surface area contributed by atoms with E-state index in [4.69, 9.17) is 9.52 Å². The Labute approximate surface area is 57.7 Å². The van der Waals surface area contributed by atoms with E-state index in [9.17, 15) is 4.79 Å². The van der Waals surface area contributed by atoms with Gasteiger partial charge in [-0.05, 0) is 6.07 Å². The molecule has 0 fully saturated rings. The first-order chi connectivity index (χ1) is 4.72. The molecule has 4 nitrogen and oxygen atoms in total. The summed E-state index contributed by atoms with van der Waals surface area (Å²) in [5.41, 5.74) is 0. The largest absolute Gasteiger partial charge is 0.465 e. The summed E-state index contributed by atoms with van der Waals surface area (Å²) in [4.78, 5) is 11.3. The number of carboxylic acid groups (broad SMARTS) is 1. The molecular weight excluding hydrogens is 134 g/mol. The van der Waals surface area contributed by atoms with E-state index in [2.05, 4.69) is 0 Å². The summed E-state index contributed by atoms with van der Waals surface area (Å²) in [6.45, 7) is 0. The minimum Gasteiger partial charge on any atom is -0.465 e. The Balaban J connectivity index is 2.77. The van der Waals surface area contributed by atoms with Gasteiger partial charge in [0.1, 0.15) is 0 Å². The second-order valence-corrected chi connectivity index (χ2v) is 1.79. The zero-order valence-electron chi connectivity index (χ0n) is 5.44. The van der Waals surface area contributed by atoms with Crippen molar-refractivity contribution < 1.29 is 14.3 Å². The van der Waals surface area contributed by atoms with Gasteiger partial charge in [-0.2, -0.15) is 0 Å². The normalized spacial score (nSPS) is 9.30. The van der Waals surface area contributed by atoms with Crippen molar-refractivity contribution in [3.05, 3.63) is 18.4 Å². The molecule has 0 saturated heterocycles. The molecule has 0 radical (unpaired) electrons. The molecule has 1 heterocycles. The SMILES string of the molecule is CN(C(=O)O)c1ccco1. The fourth-order valence-corrected chi connectivity index (χ4v) is 0.555. The van der Waals surface area contributed by atoms with Crippen LogP contribution in [0.3, 0.4) is 0 Å². The number of amides is 1. The van der Waals surface area contributed by atoms with Crippen molar-refractivity contribution in [2.75, 3.05) is 11.9 Å². The van der Waals surface area contributed by atoms with Crippen LogP contribution in [0.1, 0.15) is 0 Å². The molecule has 0 aliphatic carbocycles. The number of nitrogens with zero attached hydrogens (tertiary/aromatic N) is 1. The van der Waals surface area contributed by atoms with Gasteiger partial charge in [0.25, 0.3) is 0 Å². The lowest BCUT2D eigenvalue weighted by atomic mass is 10.6. The van der Waals surface area contributed by atoms with E-state index < -0.39 is 6.09 Å². The van der Waals surface area contributed by atoms with E-state index in [1.54, 1.807) is 12.1 Å². The molecule has 0 aliphatic heterocycles. The summed E-state index contributed by atoms with van der Waals surface area (Å²) in [6.07, 6.45) is 0.393. The van der Waals surface area contributed by atoms with Crippen molar-refractivity contribution in [2.45, 2.75) is 0 Å². The van der Waals surface area contributed by atoms with Crippen LogP contribution in [0.4, 0.5) is 10.7 Å². The molecule has 1 aromatic rings. The van der Waals surface area contributed by atoms with Crippen LogP contribution >= 0.6 is 0 Å². The van der Waals surface area contributed by atoms with Crippen LogP contribution in [-0.4, -0.2) is 18.2 Å². The molecule has 10 heavy (non-hydrogen) atoms. The molecule has 0 unspecified atom stereocenters. The predicted octanol–water partition coefficient (Wildman–Crippen LogP) is 1.39. The van der Waals surface area contributed by atoms with Gasteiger partial charge in [-0.15, -0.1) is 0 Å². The summed E-state index contributed by atoms with van der Waals surface area (Å²) in [5, 5.41) is 8.42. The quantitative estimate of drug-likeness (QED) is 0.643. The molecule has 0 spiro atoms. The predicted molar refractivity (Wildman–Crippen MR) is 35.1 cm³/mol. The van der Waals surface area contributed by atoms with Gasteiger partial charge in [-0.3, -0.25) is 4.90 Å². The third-order valence-electron chi connectivity index (χ3n) is 1.12. The molecule has 54 valence electrons. The van der Waals surface area contributed by atoms with Crippen LogP contribution in [0.25, 0.3) is 0 Å². The second-order valence-electron chi connectivity index (χ2n) is 1.79. The lowest BCUT2D eigenvalue weighted by Gasteiger charge is -2.06. The van der Waals surface area contributed by atoms with Crippen molar-refractivity contribution >= 4 is 12.0 Å². The molecule has 0 aromatic carbocycles. The molecule has 1 N–H and O–H groups in total. The number of anilines is 1. The first-order valence-corrected chi connectivity index (χ1v) is 2.72. The summed E-state index contributed by atoms with van der Waals surface area (Å²) in [5.74, 6) is 0.326. The lowest BCUT2D eigenvalue weighted by molar-refractivity contribution is 0.202. The highest BCUT2D eigenvalue weighted by atomic mass is 16.4. The molecule has 0 bridgehead atoms. The smallest absolute Gasteiger partial charge is 0.413 e. The molecular formula is C6H7NO3. The fourth-order valence-electron chi connectivity index (χ4n) is 0.555. The Morgan fingerprint density at radius 2 is 2.50 bits per heavy atom. The Bertz CT molecular complexity index is 217. The van der Waals surface area contributed by atoms with Gasteiger partial charge in [0.2, 0.25) is 5.88 Å². The average molecular weight is 141 g/mol. The van der Waals surface area contributed by atoms with E-state index >= 15 is 0 Å². The van der Waals surface area contributed by atoms with Crippen molar-refractivity contribution in [3.8, 4) is 0 Å². The lowest BCUT2D eigenvalue weighted by Crippen LogP contribution is -2.22. The third-order valence-corrected chi connectivity index (χ3v) is 1.12. The van der Waals surface area contributed by atoms with Crippen LogP contribution in [-0.2, 0) is 0 Å². The second kappa shape index (κ2) is 2.43. The molecule has 1 rings (SSSR count). The Kier molecular flexibility index (Phi) is 1.62. The van der Waals surface area contributed by atoms with Crippen LogP contribution in [0.5, 0.6) is 0 Å². The van der Waals surface area contributed by atoms with Gasteiger partial charge < -0.3 is 9.52 Å². The van der Waals surface area contributed by atoms with Crippen molar-refractivity contribution in [2.24, 2.45) is 0 Å². The Morgan fingerprint density at radius 1 is 1.80 bits per heavy atom. The van der Waals surface area contributed by atoms with Crippen molar-refractivity contribution in [1.82, 2.24) is 0 Å². The summed E-state index contributed by atoms with van der Waals surface area (Å²) >= 11 is 0. The maximum absolute atomic E-state index is 10.3. The van der Waals surface area contributed by atoms with Gasteiger partial charge >= 0.3 is 6.09 Å². The first kappa shape index (κ1) is 6.67. The topological polar surface area (TPSA) is 53.7 Å². The van der Waals surface area contributed by atoms with Crippen LogP contribution < -0.4 is 4.90 Å². The minimum atomic E-state index is -1.03. The van der Waals surface area contributed by atoms with Gasteiger partial charge in [-0.25, -0.2) is 4.79 Å². The highest BCUT2D eigenvalue weighted by Gasteiger charge is 2.09. The molecule has 1 aromatic heterocycles. The van der Waals surface area contributed by atoms with Gasteiger partial charge in [0.05, 0.1) is 6.26 Å². The zero-order valence-corrected chi connectivity index (χ0v) is 5.44. The van der Waals surface area contributed by atoms with Crippen LogP contribution in [0.15, 0.2) is 22.8 Å². The first-order valence-electron chi connectivity index (χ1n) is 2.72. The molecule has 1 amide bonds. The molecule has 0 aliphatic rings. The average Bonchev–Trinajstić information content (AvgIpc) is 2.36. The van der Waals surface area contributed by atoms with Gasteiger partial charge in [-0.1, -0.05) is 0 Å². The third kappa shape index (κ3) is 1.10. The summed E-state index contributed by atoms with van der Waals surface area (Å²) in [6, 6.07) is 3.21.